The van der Waals surface area contributed by atoms with Crippen LogP contribution in [0.25, 0.3) is 5.69 Å². The van der Waals surface area contributed by atoms with Crippen LogP contribution in [-0.4, -0.2) is 15.7 Å². The first-order valence-electron chi connectivity index (χ1n) is 13.4. The van der Waals surface area contributed by atoms with Crippen molar-refractivity contribution in [2.45, 2.75) is 43.9 Å². The molecule has 1 aromatic heterocycles. The van der Waals surface area contributed by atoms with Crippen LogP contribution in [0.5, 0.6) is 0 Å². The first-order valence-corrected chi connectivity index (χ1v) is 13.4. The highest BCUT2D eigenvalue weighted by Crippen LogP contribution is 2.41. The molecule has 11 heteroatoms. The van der Waals surface area contributed by atoms with Gasteiger partial charge >= 0.3 is 6.18 Å². The number of anilines is 1. The van der Waals surface area contributed by atoms with Gasteiger partial charge in [0.1, 0.15) is 11.5 Å². The number of carbonyl (C=O) groups excluding carboxylic acids is 1. The van der Waals surface area contributed by atoms with E-state index in [0.29, 0.717) is 40.7 Å². The molecule has 0 bridgehead atoms. The Balaban J connectivity index is 1.53. The van der Waals surface area contributed by atoms with Crippen LogP contribution in [0.1, 0.15) is 64.1 Å². The molecular weight excluding hydrogens is 548 g/mol. The minimum absolute atomic E-state index is 0.125. The lowest BCUT2D eigenvalue weighted by Crippen LogP contribution is -2.38. The highest BCUT2D eigenvalue weighted by Gasteiger charge is 2.37. The summed E-state index contributed by atoms with van der Waals surface area (Å²) in [7, 11) is 0. The van der Waals surface area contributed by atoms with Crippen LogP contribution in [0.2, 0.25) is 0 Å². The lowest BCUT2D eigenvalue weighted by Gasteiger charge is -2.32. The molecule has 1 heterocycles. The van der Waals surface area contributed by atoms with Crippen LogP contribution in [0, 0.1) is 23.1 Å². The van der Waals surface area contributed by atoms with Gasteiger partial charge < -0.3 is 16.8 Å². The summed E-state index contributed by atoms with van der Waals surface area (Å²) in [6, 6.07) is 19.9. The number of amides is 1. The molecule has 216 valence electrons. The van der Waals surface area contributed by atoms with Crippen LogP contribution in [0.4, 0.5) is 23.2 Å². The second kappa shape index (κ2) is 11.4. The summed E-state index contributed by atoms with van der Waals surface area (Å²) in [6.45, 7) is 0.125. The second-order valence-electron chi connectivity index (χ2n) is 10.5. The Morgan fingerprint density at radius 1 is 1.05 bits per heavy atom. The number of nitrogens with two attached hydrogens (primary N) is 2. The zero-order valence-electron chi connectivity index (χ0n) is 22.5. The molecule has 1 aliphatic rings. The molecule has 3 aromatic carbocycles. The number of benzene rings is 3. The quantitative estimate of drug-likeness (QED) is 0.211. The van der Waals surface area contributed by atoms with E-state index in [9.17, 15) is 23.2 Å². The average Bonchev–Trinajstić information content (AvgIpc) is 3.70. The van der Waals surface area contributed by atoms with Crippen molar-refractivity contribution in [2.75, 3.05) is 5.32 Å². The van der Waals surface area contributed by atoms with E-state index in [1.165, 1.54) is 24.3 Å². The lowest BCUT2D eigenvalue weighted by molar-refractivity contribution is -0.141. The largest absolute Gasteiger partial charge is 0.435 e. The maximum absolute atomic E-state index is 15.1. The second-order valence-corrected chi connectivity index (χ2v) is 10.5. The highest BCUT2D eigenvalue weighted by molar-refractivity contribution is 6.03. The van der Waals surface area contributed by atoms with Crippen molar-refractivity contribution >= 4 is 11.6 Å². The summed E-state index contributed by atoms with van der Waals surface area (Å²) >= 11 is 0. The Morgan fingerprint density at radius 2 is 1.79 bits per heavy atom. The number of hydrogen-bond acceptors (Lipinski definition) is 5. The lowest BCUT2D eigenvalue weighted by atomic mass is 9.79. The van der Waals surface area contributed by atoms with Crippen LogP contribution < -0.4 is 16.8 Å². The monoisotopic (exact) mass is 576 g/mol. The normalized spacial score (nSPS) is 14.7. The Hall–Kier alpha value is -4.53. The van der Waals surface area contributed by atoms with Crippen molar-refractivity contribution in [2.24, 2.45) is 17.4 Å². The maximum atomic E-state index is 15.1. The number of hydrogen-bond donors (Lipinski definition) is 3. The predicted molar refractivity (Wildman–Crippen MR) is 149 cm³/mol. The number of carbonyl (C=O) groups is 1. The number of aromatic nitrogens is 2. The van der Waals surface area contributed by atoms with E-state index in [0.717, 1.165) is 30.0 Å². The van der Waals surface area contributed by atoms with Crippen LogP contribution in [-0.2, 0) is 18.3 Å². The first kappa shape index (κ1) is 29.0. The number of rotatable bonds is 9. The molecule has 1 unspecified atom stereocenters. The third-order valence-electron chi connectivity index (χ3n) is 7.50. The van der Waals surface area contributed by atoms with Gasteiger partial charge in [0, 0.05) is 12.6 Å². The van der Waals surface area contributed by atoms with Crippen LogP contribution in [0.3, 0.4) is 0 Å². The zero-order valence-corrected chi connectivity index (χ0v) is 22.5. The molecule has 1 aliphatic carbocycles. The molecule has 42 heavy (non-hydrogen) atoms. The van der Waals surface area contributed by atoms with Crippen molar-refractivity contribution in [3.8, 4) is 11.8 Å². The highest BCUT2D eigenvalue weighted by atomic mass is 19.4. The van der Waals surface area contributed by atoms with Crippen molar-refractivity contribution in [3.63, 3.8) is 0 Å². The fraction of sp³-hybridized carbons (Fsp3) is 0.258. The minimum atomic E-state index is -4.82. The van der Waals surface area contributed by atoms with Gasteiger partial charge in [-0.15, -0.1) is 0 Å². The van der Waals surface area contributed by atoms with Crippen molar-refractivity contribution in [1.82, 2.24) is 9.78 Å². The van der Waals surface area contributed by atoms with Gasteiger partial charge in [0.15, 0.2) is 5.69 Å². The maximum Gasteiger partial charge on any atom is 0.435 e. The number of nitrogens with one attached hydrogen (secondary N) is 1. The summed E-state index contributed by atoms with van der Waals surface area (Å²) < 4.78 is 56.8. The Kier molecular flexibility index (Phi) is 7.86. The van der Waals surface area contributed by atoms with E-state index in [1.807, 2.05) is 0 Å². The smallest absolute Gasteiger partial charge is 0.326 e. The summed E-state index contributed by atoms with van der Waals surface area (Å²) in [5, 5.41) is 15.5. The van der Waals surface area contributed by atoms with Crippen molar-refractivity contribution < 1.29 is 22.4 Å². The molecule has 1 saturated carbocycles. The van der Waals surface area contributed by atoms with Crippen molar-refractivity contribution in [1.29, 1.82) is 5.26 Å². The van der Waals surface area contributed by atoms with Crippen LogP contribution in [0.15, 0.2) is 72.8 Å². The average molecular weight is 577 g/mol. The fourth-order valence-electron chi connectivity index (χ4n) is 4.94. The van der Waals surface area contributed by atoms with Gasteiger partial charge in [0.05, 0.1) is 28.5 Å². The zero-order chi connectivity index (χ0) is 30.1. The standard InChI is InChI=1S/C31H28F4N6O/c32-25-10-9-23(30(38,12-11-19-7-8-19)22-5-1-3-20(13-22)17-36)15-26(25)39-29(42)27-16-28(31(33,34)35)40-41(27)24-6-2-4-21(14-24)18-37/h1-6,9-10,13-16,19H,7-8,11-12,18,37-38H2,(H,39,42). The Morgan fingerprint density at radius 3 is 2.48 bits per heavy atom. The van der Waals surface area contributed by atoms with Gasteiger partial charge in [0.25, 0.3) is 5.91 Å². The molecule has 5 N–H and O–H groups in total. The third kappa shape index (κ3) is 6.05. The molecular formula is C31H28F4N6O. The fourth-order valence-corrected chi connectivity index (χ4v) is 4.94. The van der Waals surface area contributed by atoms with Gasteiger partial charge in [-0.25, -0.2) is 9.07 Å². The van der Waals surface area contributed by atoms with E-state index in [2.05, 4.69) is 16.5 Å². The molecule has 0 saturated heterocycles. The third-order valence-corrected chi connectivity index (χ3v) is 7.50. The SMILES string of the molecule is N#Cc1cccc(C(N)(CCC2CC2)c2ccc(F)c(NC(=O)c3cc(C(F)(F)F)nn3-c3cccc(CN)c3)c2)c1. The van der Waals surface area contributed by atoms with Gasteiger partial charge in [-0.1, -0.05) is 43.2 Å². The minimum Gasteiger partial charge on any atom is -0.326 e. The molecule has 1 fully saturated rings. The van der Waals surface area contributed by atoms with E-state index in [1.54, 1.807) is 36.4 Å². The summed E-state index contributed by atoms with van der Waals surface area (Å²) in [5.41, 5.74) is 11.9. The predicted octanol–water partition coefficient (Wildman–Crippen LogP) is 6.01. The number of nitrogens with zero attached hydrogens (tertiary/aromatic N) is 3. The number of nitriles is 1. The molecule has 1 atom stereocenters. The van der Waals surface area contributed by atoms with E-state index in [-0.39, 0.29) is 17.9 Å². The van der Waals surface area contributed by atoms with E-state index < -0.39 is 34.8 Å². The van der Waals surface area contributed by atoms with Gasteiger partial charge in [-0.3, -0.25) is 4.79 Å². The Labute approximate surface area is 239 Å². The molecule has 4 aromatic rings. The molecule has 5 rings (SSSR count). The molecule has 7 nitrogen and oxygen atoms in total. The summed E-state index contributed by atoms with van der Waals surface area (Å²) in [6.07, 6.45) is -1.31. The van der Waals surface area contributed by atoms with Gasteiger partial charge in [-0.05, 0) is 71.8 Å². The number of alkyl halides is 3. The number of halogens is 4. The topological polar surface area (TPSA) is 123 Å². The van der Waals surface area contributed by atoms with Gasteiger partial charge in [0.2, 0.25) is 0 Å². The molecule has 0 spiro atoms. The summed E-state index contributed by atoms with van der Waals surface area (Å²) in [5.74, 6) is -1.26. The van der Waals surface area contributed by atoms with Crippen LogP contribution >= 0.6 is 0 Å². The Bertz CT molecular complexity index is 1670. The summed E-state index contributed by atoms with van der Waals surface area (Å²) in [4.78, 5) is 13.4. The van der Waals surface area contributed by atoms with Crippen molar-refractivity contribution in [3.05, 3.63) is 112 Å². The molecule has 0 radical (unpaired) electrons. The first-order chi connectivity index (χ1) is 20.0. The molecule has 0 aliphatic heterocycles. The van der Waals surface area contributed by atoms with E-state index in [4.69, 9.17) is 11.5 Å². The van der Waals surface area contributed by atoms with Gasteiger partial charge in [-0.2, -0.15) is 23.5 Å². The molecule has 1 amide bonds. The van der Waals surface area contributed by atoms with E-state index >= 15 is 4.39 Å².